The van der Waals surface area contributed by atoms with E-state index >= 15 is 0 Å². The summed E-state index contributed by atoms with van der Waals surface area (Å²) in [6, 6.07) is 31.1. The molecular formula is C40H36N2O8. The number of nitrogens with zero attached hydrogens (tertiary/aromatic N) is 2. The summed E-state index contributed by atoms with van der Waals surface area (Å²) in [6.45, 7) is 3.90. The molecule has 2 aromatic heterocycles. The molecular weight excluding hydrogens is 636 g/mol. The van der Waals surface area contributed by atoms with Crippen molar-refractivity contribution >= 4 is 0 Å². The SMILES string of the molecule is c1cc(-c2cnc(-c3ccc(OCC4CO4)cc3)o2)ccc1OCCCCOc1ccc(-c2ncc(-c3ccc(OCC4CO4)cc3)o2)cc1. The highest BCUT2D eigenvalue weighted by Crippen LogP contribution is 2.30. The fourth-order valence-electron chi connectivity index (χ4n) is 5.19. The van der Waals surface area contributed by atoms with Crippen LogP contribution >= 0.6 is 0 Å². The molecule has 2 aliphatic heterocycles. The van der Waals surface area contributed by atoms with Crippen molar-refractivity contribution in [3.63, 3.8) is 0 Å². The maximum absolute atomic E-state index is 6.03. The summed E-state index contributed by atoms with van der Waals surface area (Å²) < 4.78 is 45.7. The molecule has 10 heteroatoms. The number of aromatic nitrogens is 2. The Morgan fingerprint density at radius 2 is 0.800 bits per heavy atom. The van der Waals surface area contributed by atoms with Crippen molar-refractivity contribution < 1.29 is 37.3 Å². The lowest BCUT2D eigenvalue weighted by molar-refractivity contribution is 0.263. The summed E-state index contributed by atoms with van der Waals surface area (Å²) in [6.07, 6.45) is 5.66. The second kappa shape index (κ2) is 14.9. The lowest BCUT2D eigenvalue weighted by atomic mass is 10.2. The lowest BCUT2D eigenvalue weighted by Crippen LogP contribution is -2.03. The number of oxazole rings is 2. The molecule has 0 saturated carbocycles. The van der Waals surface area contributed by atoms with Gasteiger partial charge in [-0.2, -0.15) is 0 Å². The van der Waals surface area contributed by atoms with Gasteiger partial charge in [-0.05, 0) is 110 Å². The monoisotopic (exact) mass is 672 g/mol. The first kappa shape index (κ1) is 31.7. The molecule has 2 atom stereocenters. The van der Waals surface area contributed by atoms with Crippen LogP contribution in [0.25, 0.3) is 45.6 Å². The first-order valence-corrected chi connectivity index (χ1v) is 16.8. The van der Waals surface area contributed by atoms with Crippen LogP contribution in [0.4, 0.5) is 0 Å². The Hall–Kier alpha value is -5.58. The van der Waals surface area contributed by atoms with Crippen LogP contribution < -0.4 is 18.9 Å². The van der Waals surface area contributed by atoms with Gasteiger partial charge in [0, 0.05) is 22.3 Å². The van der Waals surface area contributed by atoms with Crippen molar-refractivity contribution in [2.45, 2.75) is 25.0 Å². The number of unbranched alkanes of at least 4 members (excludes halogenated alkanes) is 1. The molecule has 2 aliphatic rings. The Morgan fingerprint density at radius 3 is 1.16 bits per heavy atom. The molecule has 0 N–H and O–H groups in total. The van der Waals surface area contributed by atoms with Gasteiger partial charge in [0.15, 0.2) is 11.5 Å². The van der Waals surface area contributed by atoms with Crippen LogP contribution in [-0.2, 0) is 9.47 Å². The molecule has 2 fully saturated rings. The second-order valence-electron chi connectivity index (χ2n) is 12.1. The molecule has 4 aromatic carbocycles. The number of benzene rings is 4. The zero-order valence-electron chi connectivity index (χ0n) is 27.4. The third-order valence-electron chi connectivity index (χ3n) is 8.24. The number of hydrogen-bond acceptors (Lipinski definition) is 10. The van der Waals surface area contributed by atoms with Crippen LogP contribution in [0.1, 0.15) is 12.8 Å². The highest BCUT2D eigenvalue weighted by Gasteiger charge is 2.23. The number of ether oxygens (including phenoxy) is 6. The van der Waals surface area contributed by atoms with E-state index < -0.39 is 0 Å². The molecule has 0 bridgehead atoms. The molecule has 2 unspecified atom stereocenters. The second-order valence-corrected chi connectivity index (χ2v) is 12.1. The number of rotatable bonds is 17. The average molecular weight is 673 g/mol. The molecule has 0 radical (unpaired) electrons. The minimum absolute atomic E-state index is 0.226. The predicted octanol–water partition coefficient (Wildman–Crippen LogP) is 8.12. The van der Waals surface area contributed by atoms with Gasteiger partial charge in [0.1, 0.15) is 48.4 Å². The Balaban J connectivity index is 0.741. The largest absolute Gasteiger partial charge is 0.494 e. The molecule has 4 heterocycles. The maximum atomic E-state index is 6.03. The Kier molecular flexibility index (Phi) is 9.44. The van der Waals surface area contributed by atoms with Crippen LogP contribution in [0.3, 0.4) is 0 Å². The van der Waals surface area contributed by atoms with E-state index in [1.165, 1.54) is 0 Å². The van der Waals surface area contributed by atoms with Gasteiger partial charge >= 0.3 is 0 Å². The van der Waals surface area contributed by atoms with Crippen molar-refractivity contribution in [3.05, 3.63) is 109 Å². The predicted molar refractivity (Wildman–Crippen MR) is 185 cm³/mol. The van der Waals surface area contributed by atoms with Crippen LogP contribution in [0.5, 0.6) is 23.0 Å². The van der Waals surface area contributed by atoms with E-state index in [0.29, 0.717) is 49.7 Å². The van der Waals surface area contributed by atoms with Crippen molar-refractivity contribution in [3.8, 4) is 68.6 Å². The molecule has 2 saturated heterocycles. The third kappa shape index (κ3) is 8.34. The van der Waals surface area contributed by atoms with Gasteiger partial charge < -0.3 is 37.3 Å². The lowest BCUT2D eigenvalue weighted by Gasteiger charge is -2.08. The van der Waals surface area contributed by atoms with Gasteiger partial charge in [-0.15, -0.1) is 0 Å². The Labute approximate surface area is 289 Å². The summed E-state index contributed by atoms with van der Waals surface area (Å²) in [5.74, 6) is 5.71. The molecule has 0 spiro atoms. The van der Waals surface area contributed by atoms with E-state index in [4.69, 9.17) is 37.3 Å². The summed E-state index contributed by atoms with van der Waals surface area (Å²) in [5, 5.41) is 0. The van der Waals surface area contributed by atoms with Crippen LogP contribution in [0.2, 0.25) is 0 Å². The summed E-state index contributed by atoms with van der Waals surface area (Å²) in [4.78, 5) is 8.92. The summed E-state index contributed by atoms with van der Waals surface area (Å²) in [7, 11) is 0. The van der Waals surface area contributed by atoms with E-state index in [-0.39, 0.29) is 12.2 Å². The van der Waals surface area contributed by atoms with Gasteiger partial charge in [-0.25, -0.2) is 9.97 Å². The standard InChI is InChI=1S/C40H36N2O8/c1(19-43-31-11-3-27(4-12-31)37-21-42-40(49-37)30-9-17-34(18-10-30)46-24-36-26-48-36)2-20-44-32-15-7-29(8-16-32)39-41-22-38(50-39)28-5-13-33(14-6-28)45-23-35-25-47-35/h3-18,21-22,35-36H,1-2,19-20,23-26H2. The van der Waals surface area contributed by atoms with Crippen LogP contribution in [0.15, 0.2) is 118 Å². The van der Waals surface area contributed by atoms with Gasteiger partial charge in [0.05, 0.1) is 38.8 Å². The van der Waals surface area contributed by atoms with Crippen molar-refractivity contribution in [1.82, 2.24) is 9.97 Å². The van der Waals surface area contributed by atoms with Crippen molar-refractivity contribution in [2.75, 3.05) is 39.6 Å². The fourth-order valence-corrected chi connectivity index (χ4v) is 5.19. The Bertz CT molecular complexity index is 1820. The molecule has 8 rings (SSSR count). The van der Waals surface area contributed by atoms with Crippen molar-refractivity contribution in [1.29, 1.82) is 0 Å². The van der Waals surface area contributed by atoms with E-state index in [2.05, 4.69) is 9.97 Å². The van der Waals surface area contributed by atoms with Gasteiger partial charge in [0.2, 0.25) is 11.8 Å². The first-order chi connectivity index (χ1) is 24.7. The van der Waals surface area contributed by atoms with E-state index in [0.717, 1.165) is 71.3 Å². The van der Waals surface area contributed by atoms with E-state index in [9.17, 15) is 0 Å². The van der Waals surface area contributed by atoms with Gasteiger partial charge in [0.25, 0.3) is 0 Å². The molecule has 50 heavy (non-hydrogen) atoms. The molecule has 0 amide bonds. The maximum Gasteiger partial charge on any atom is 0.226 e. The van der Waals surface area contributed by atoms with Gasteiger partial charge in [-0.3, -0.25) is 0 Å². The minimum atomic E-state index is 0.226. The highest BCUT2D eigenvalue weighted by atomic mass is 16.6. The number of epoxide rings is 2. The van der Waals surface area contributed by atoms with Crippen LogP contribution in [-0.4, -0.2) is 61.8 Å². The highest BCUT2D eigenvalue weighted by molar-refractivity contribution is 5.63. The van der Waals surface area contributed by atoms with Gasteiger partial charge in [-0.1, -0.05) is 0 Å². The zero-order chi connectivity index (χ0) is 33.5. The van der Waals surface area contributed by atoms with E-state index in [1.807, 2.05) is 97.1 Å². The van der Waals surface area contributed by atoms with Crippen molar-refractivity contribution in [2.24, 2.45) is 0 Å². The first-order valence-electron chi connectivity index (χ1n) is 16.8. The minimum Gasteiger partial charge on any atom is -0.494 e. The van der Waals surface area contributed by atoms with Crippen LogP contribution in [0, 0.1) is 0 Å². The Morgan fingerprint density at radius 1 is 0.460 bits per heavy atom. The smallest absolute Gasteiger partial charge is 0.226 e. The summed E-state index contributed by atoms with van der Waals surface area (Å²) >= 11 is 0. The third-order valence-corrected chi connectivity index (χ3v) is 8.24. The molecule has 6 aromatic rings. The quantitative estimate of drug-likeness (QED) is 0.0695. The number of hydrogen-bond donors (Lipinski definition) is 0. The molecule has 0 aliphatic carbocycles. The summed E-state index contributed by atoms with van der Waals surface area (Å²) in [5.41, 5.74) is 3.63. The average Bonchev–Trinajstić information content (AvgIpc) is 4.08. The fraction of sp³-hybridized carbons (Fsp3) is 0.250. The van der Waals surface area contributed by atoms with E-state index in [1.54, 1.807) is 12.4 Å². The topological polar surface area (TPSA) is 114 Å². The normalized spacial score (nSPS) is 16.2. The molecule has 254 valence electrons. The zero-order valence-corrected chi connectivity index (χ0v) is 27.4. The molecule has 10 nitrogen and oxygen atoms in total.